The predicted molar refractivity (Wildman–Crippen MR) is 84.9 cm³/mol. The summed E-state index contributed by atoms with van der Waals surface area (Å²) in [4.78, 5) is 32.7. The second kappa shape index (κ2) is 6.82. The number of carbonyl (C=O) groups excluding carboxylic acids is 2. The maximum absolute atomic E-state index is 12.5. The van der Waals surface area contributed by atoms with E-state index in [2.05, 4.69) is 14.6 Å². The Morgan fingerprint density at radius 3 is 2.96 bits per heavy atom. The molecule has 3 heterocycles. The number of likely N-dealkylation sites (N-methyl/N-ethyl adjacent to an activating group) is 1. The minimum Gasteiger partial charge on any atom is -0.344 e. The Balaban J connectivity index is 1.79. The van der Waals surface area contributed by atoms with E-state index in [0.29, 0.717) is 31.7 Å². The molecule has 8 heteroatoms. The minimum atomic E-state index is -0.298. The Hall–Kier alpha value is -2.35. The minimum absolute atomic E-state index is 0.0438. The van der Waals surface area contributed by atoms with Crippen LogP contribution in [0.25, 0.3) is 0 Å². The Morgan fingerprint density at radius 1 is 1.39 bits per heavy atom. The van der Waals surface area contributed by atoms with Crippen molar-refractivity contribution in [2.45, 2.75) is 6.42 Å². The fourth-order valence-electron chi connectivity index (χ4n) is 2.66. The molecular weight excluding hydrogens is 314 g/mol. The van der Waals surface area contributed by atoms with E-state index in [1.165, 1.54) is 0 Å². The van der Waals surface area contributed by atoms with Crippen LogP contribution in [-0.4, -0.2) is 62.9 Å². The zero-order chi connectivity index (χ0) is 16.2. The number of hydrogen-bond donors (Lipinski definition) is 0. The van der Waals surface area contributed by atoms with Gasteiger partial charge in [-0.1, -0.05) is 10.6 Å². The van der Waals surface area contributed by atoms with Crippen LogP contribution in [0.2, 0.25) is 0 Å². The smallest absolute Gasteiger partial charge is 0.275 e. The second-order valence-corrected chi connectivity index (χ2v) is 6.13. The number of pyridine rings is 1. The fourth-order valence-corrected chi connectivity index (χ4v) is 3.09. The molecule has 1 fully saturated rings. The highest BCUT2D eigenvalue weighted by atomic mass is 32.1. The normalized spacial score (nSPS) is 18.8. The molecular formula is C15H17N5O2S. The van der Waals surface area contributed by atoms with Gasteiger partial charge in [-0.25, -0.2) is 0 Å². The second-order valence-electron chi connectivity index (χ2n) is 5.52. The molecule has 2 amide bonds. The third-order valence-electron chi connectivity index (χ3n) is 3.92. The van der Waals surface area contributed by atoms with Gasteiger partial charge in [0.25, 0.3) is 5.91 Å². The van der Waals surface area contributed by atoms with Gasteiger partial charge in [-0.3, -0.25) is 14.6 Å². The van der Waals surface area contributed by atoms with Gasteiger partial charge in [-0.15, -0.1) is 5.10 Å². The summed E-state index contributed by atoms with van der Waals surface area (Å²) in [5, 5.41) is 5.47. The molecule has 0 radical (unpaired) electrons. The average molecular weight is 331 g/mol. The predicted octanol–water partition coefficient (Wildman–Crippen LogP) is 0.706. The summed E-state index contributed by atoms with van der Waals surface area (Å²) in [5.41, 5.74) is 1.19. The van der Waals surface area contributed by atoms with Crippen molar-refractivity contribution in [3.63, 3.8) is 0 Å². The van der Waals surface area contributed by atoms with E-state index >= 15 is 0 Å². The zero-order valence-corrected chi connectivity index (χ0v) is 13.6. The first-order valence-electron chi connectivity index (χ1n) is 7.36. The first-order valence-corrected chi connectivity index (χ1v) is 8.20. The zero-order valence-electron chi connectivity index (χ0n) is 12.8. The lowest BCUT2D eigenvalue weighted by Crippen LogP contribution is -2.37. The van der Waals surface area contributed by atoms with Crippen molar-refractivity contribution in [1.29, 1.82) is 0 Å². The maximum atomic E-state index is 12.5. The summed E-state index contributed by atoms with van der Waals surface area (Å²) in [6, 6.07) is 5.64. The largest absolute Gasteiger partial charge is 0.344 e. The third kappa shape index (κ3) is 3.53. The van der Waals surface area contributed by atoms with E-state index in [1.54, 1.807) is 28.4 Å². The molecule has 0 N–H and O–H groups in total. The van der Waals surface area contributed by atoms with Gasteiger partial charge in [-0.2, -0.15) is 0 Å². The molecule has 120 valence electrons. The highest BCUT2D eigenvalue weighted by Crippen LogP contribution is 2.17. The van der Waals surface area contributed by atoms with Gasteiger partial charge in [0, 0.05) is 50.4 Å². The van der Waals surface area contributed by atoms with E-state index < -0.39 is 0 Å². The molecule has 0 bridgehead atoms. The lowest BCUT2D eigenvalue weighted by molar-refractivity contribution is -0.133. The lowest BCUT2D eigenvalue weighted by atomic mass is 10.0. The van der Waals surface area contributed by atoms with Crippen LogP contribution in [-0.2, 0) is 11.2 Å². The Kier molecular flexibility index (Phi) is 4.61. The van der Waals surface area contributed by atoms with Gasteiger partial charge in [0.05, 0.1) is 5.92 Å². The summed E-state index contributed by atoms with van der Waals surface area (Å²) in [6.45, 7) is 1.38. The number of carbonyl (C=O) groups is 2. The molecule has 2 aromatic heterocycles. The Bertz CT molecular complexity index is 676. The molecule has 1 aliphatic heterocycles. The molecule has 0 aromatic carbocycles. The first-order chi connectivity index (χ1) is 11.1. The van der Waals surface area contributed by atoms with E-state index in [-0.39, 0.29) is 17.7 Å². The van der Waals surface area contributed by atoms with Gasteiger partial charge < -0.3 is 9.80 Å². The van der Waals surface area contributed by atoms with Crippen molar-refractivity contribution in [2.75, 3.05) is 26.7 Å². The first kappa shape index (κ1) is 15.5. The fraction of sp³-hybridized carbons (Fsp3) is 0.400. The van der Waals surface area contributed by atoms with Crippen molar-refractivity contribution in [1.82, 2.24) is 24.4 Å². The summed E-state index contributed by atoms with van der Waals surface area (Å²) >= 11 is 1.15. The topological polar surface area (TPSA) is 79.3 Å². The van der Waals surface area contributed by atoms with E-state index in [9.17, 15) is 9.59 Å². The number of nitrogens with zero attached hydrogens (tertiary/aromatic N) is 5. The van der Waals surface area contributed by atoms with Crippen LogP contribution in [0.15, 0.2) is 29.8 Å². The van der Waals surface area contributed by atoms with E-state index in [1.807, 2.05) is 18.2 Å². The van der Waals surface area contributed by atoms with Crippen LogP contribution in [0.5, 0.6) is 0 Å². The summed E-state index contributed by atoms with van der Waals surface area (Å²) in [7, 11) is 1.77. The standard InChI is InChI=1S/C15H17N5O2S/c1-19-6-7-20(15(22)13-10-23-18-17-13)9-11(14(19)21)8-12-4-2-3-5-16-12/h2-5,10-11H,6-9H2,1H3. The molecule has 2 aromatic rings. The lowest BCUT2D eigenvalue weighted by Gasteiger charge is -2.22. The van der Waals surface area contributed by atoms with Crippen LogP contribution in [0.3, 0.4) is 0 Å². The van der Waals surface area contributed by atoms with Gasteiger partial charge >= 0.3 is 0 Å². The molecule has 3 rings (SSSR count). The van der Waals surface area contributed by atoms with Crippen LogP contribution in [0, 0.1) is 5.92 Å². The molecule has 1 atom stereocenters. The SMILES string of the molecule is CN1CCN(C(=O)c2csnn2)CC(Cc2ccccn2)C1=O. The quantitative estimate of drug-likeness (QED) is 0.827. The molecule has 1 unspecified atom stereocenters. The van der Waals surface area contributed by atoms with Crippen LogP contribution >= 0.6 is 11.5 Å². The van der Waals surface area contributed by atoms with Gasteiger partial charge in [0.15, 0.2) is 5.69 Å². The van der Waals surface area contributed by atoms with Crippen molar-refractivity contribution < 1.29 is 9.59 Å². The van der Waals surface area contributed by atoms with E-state index in [4.69, 9.17) is 0 Å². The van der Waals surface area contributed by atoms with Crippen LogP contribution in [0.1, 0.15) is 16.2 Å². The molecule has 1 saturated heterocycles. The summed E-state index contributed by atoms with van der Waals surface area (Å²) < 4.78 is 3.74. The highest BCUT2D eigenvalue weighted by molar-refractivity contribution is 7.03. The van der Waals surface area contributed by atoms with E-state index in [0.717, 1.165) is 17.2 Å². The van der Waals surface area contributed by atoms with Crippen molar-refractivity contribution >= 4 is 23.3 Å². The molecule has 0 spiro atoms. The number of aromatic nitrogens is 3. The average Bonchev–Trinajstić information content (AvgIpc) is 3.07. The summed E-state index contributed by atoms with van der Waals surface area (Å²) in [5.74, 6) is -0.428. The molecule has 1 aliphatic rings. The summed E-state index contributed by atoms with van der Waals surface area (Å²) in [6.07, 6.45) is 2.23. The maximum Gasteiger partial charge on any atom is 0.275 e. The van der Waals surface area contributed by atoms with Gasteiger partial charge in [-0.05, 0) is 23.7 Å². The Labute approximate surface area is 138 Å². The monoisotopic (exact) mass is 331 g/mol. The van der Waals surface area contributed by atoms with Crippen LogP contribution in [0.4, 0.5) is 0 Å². The van der Waals surface area contributed by atoms with Gasteiger partial charge in [0.2, 0.25) is 5.91 Å². The number of amides is 2. The van der Waals surface area contributed by atoms with Crippen molar-refractivity contribution in [3.05, 3.63) is 41.2 Å². The highest BCUT2D eigenvalue weighted by Gasteiger charge is 2.32. The van der Waals surface area contributed by atoms with Crippen molar-refractivity contribution in [2.24, 2.45) is 5.92 Å². The molecule has 7 nitrogen and oxygen atoms in total. The number of hydrogen-bond acceptors (Lipinski definition) is 6. The van der Waals surface area contributed by atoms with Gasteiger partial charge in [0.1, 0.15) is 0 Å². The van der Waals surface area contributed by atoms with Crippen molar-refractivity contribution in [3.8, 4) is 0 Å². The van der Waals surface area contributed by atoms with Crippen LogP contribution < -0.4 is 0 Å². The number of rotatable bonds is 3. The third-order valence-corrected chi connectivity index (χ3v) is 4.42. The molecule has 0 aliphatic carbocycles. The molecule has 0 saturated carbocycles. The molecule has 23 heavy (non-hydrogen) atoms. The Morgan fingerprint density at radius 2 is 2.26 bits per heavy atom.